The standard InChI is InChI=1S/C13H18O5S/c1-7-2-4-8(5-3-7)19-13-12(17)11(16)10(15)9(6-14)18-13/h2-5,9-17H,6H2,1H3/t9-,10+,11-,12-,13+/m1/s1. The summed E-state index contributed by atoms with van der Waals surface area (Å²) in [7, 11) is 0. The van der Waals surface area contributed by atoms with Crippen LogP contribution in [0.5, 0.6) is 0 Å². The van der Waals surface area contributed by atoms with E-state index in [2.05, 4.69) is 0 Å². The number of thioether (sulfide) groups is 1. The average molecular weight is 286 g/mol. The van der Waals surface area contributed by atoms with Crippen LogP contribution in [0.2, 0.25) is 0 Å². The van der Waals surface area contributed by atoms with Crippen LogP contribution in [0.25, 0.3) is 0 Å². The minimum absolute atomic E-state index is 0.407. The number of hydrogen-bond donors (Lipinski definition) is 4. The molecule has 5 nitrogen and oxygen atoms in total. The molecule has 1 aliphatic rings. The fourth-order valence-electron chi connectivity index (χ4n) is 1.92. The largest absolute Gasteiger partial charge is 0.394 e. The SMILES string of the molecule is Cc1ccc(S[C@@H]2O[C@H](CO)[C@H](O)[C@@H](O)[C@H]2O)cc1. The van der Waals surface area contributed by atoms with Gasteiger partial charge in [-0.15, -0.1) is 0 Å². The van der Waals surface area contributed by atoms with Gasteiger partial charge >= 0.3 is 0 Å². The van der Waals surface area contributed by atoms with Crippen LogP contribution in [0.4, 0.5) is 0 Å². The molecule has 1 saturated heterocycles. The quantitative estimate of drug-likeness (QED) is 0.620. The molecule has 0 spiro atoms. The lowest BCUT2D eigenvalue weighted by molar-refractivity contribution is -0.205. The van der Waals surface area contributed by atoms with Crippen LogP contribution in [-0.2, 0) is 4.74 Å². The van der Waals surface area contributed by atoms with Gasteiger partial charge < -0.3 is 25.2 Å². The van der Waals surface area contributed by atoms with E-state index in [1.54, 1.807) is 0 Å². The molecule has 0 aromatic heterocycles. The Morgan fingerprint density at radius 2 is 1.68 bits per heavy atom. The van der Waals surface area contributed by atoms with Gasteiger partial charge in [0, 0.05) is 4.90 Å². The molecule has 19 heavy (non-hydrogen) atoms. The Kier molecular flexibility index (Phi) is 4.83. The van der Waals surface area contributed by atoms with Gasteiger partial charge in [0.25, 0.3) is 0 Å². The Morgan fingerprint density at radius 3 is 2.26 bits per heavy atom. The number of aliphatic hydroxyl groups is 4. The monoisotopic (exact) mass is 286 g/mol. The highest BCUT2D eigenvalue weighted by molar-refractivity contribution is 7.99. The van der Waals surface area contributed by atoms with E-state index in [4.69, 9.17) is 9.84 Å². The van der Waals surface area contributed by atoms with E-state index in [9.17, 15) is 15.3 Å². The first-order valence-corrected chi connectivity index (χ1v) is 6.94. The summed E-state index contributed by atoms with van der Waals surface area (Å²) in [6, 6.07) is 7.65. The maximum Gasteiger partial charge on any atom is 0.136 e. The Balaban J connectivity index is 2.08. The van der Waals surface area contributed by atoms with E-state index in [0.717, 1.165) is 10.5 Å². The summed E-state index contributed by atoms with van der Waals surface area (Å²) in [6.45, 7) is 1.57. The van der Waals surface area contributed by atoms with Crippen molar-refractivity contribution in [1.82, 2.24) is 0 Å². The number of benzene rings is 1. The Labute approximate surface area is 115 Å². The number of aryl methyl sites for hydroxylation is 1. The smallest absolute Gasteiger partial charge is 0.136 e. The molecule has 2 rings (SSSR count). The fraction of sp³-hybridized carbons (Fsp3) is 0.538. The van der Waals surface area contributed by atoms with E-state index in [-0.39, 0.29) is 0 Å². The van der Waals surface area contributed by atoms with Crippen molar-refractivity contribution in [3.63, 3.8) is 0 Å². The van der Waals surface area contributed by atoms with Crippen LogP contribution < -0.4 is 0 Å². The van der Waals surface area contributed by atoms with E-state index in [1.807, 2.05) is 31.2 Å². The third kappa shape index (κ3) is 3.28. The summed E-state index contributed by atoms with van der Waals surface area (Å²) in [5.74, 6) is 0. The molecule has 106 valence electrons. The fourth-order valence-corrected chi connectivity index (χ4v) is 2.98. The van der Waals surface area contributed by atoms with Gasteiger partial charge in [-0.05, 0) is 19.1 Å². The molecule has 1 aromatic rings. The third-order valence-electron chi connectivity index (χ3n) is 3.12. The lowest BCUT2D eigenvalue weighted by Gasteiger charge is -2.39. The first-order valence-electron chi connectivity index (χ1n) is 6.07. The molecule has 0 bridgehead atoms. The zero-order valence-electron chi connectivity index (χ0n) is 10.5. The third-order valence-corrected chi connectivity index (χ3v) is 4.29. The number of ether oxygens (including phenoxy) is 1. The lowest BCUT2D eigenvalue weighted by Crippen LogP contribution is -2.57. The van der Waals surface area contributed by atoms with E-state index in [0.29, 0.717) is 0 Å². The molecule has 1 heterocycles. The van der Waals surface area contributed by atoms with Crippen molar-refractivity contribution in [3.8, 4) is 0 Å². The van der Waals surface area contributed by atoms with Gasteiger partial charge in [0.05, 0.1) is 6.61 Å². The Morgan fingerprint density at radius 1 is 1.05 bits per heavy atom. The maximum absolute atomic E-state index is 9.90. The molecule has 0 aliphatic carbocycles. The molecule has 0 unspecified atom stereocenters. The van der Waals surface area contributed by atoms with Crippen LogP contribution in [0, 0.1) is 6.92 Å². The first kappa shape index (κ1) is 14.8. The van der Waals surface area contributed by atoms with E-state index >= 15 is 0 Å². The van der Waals surface area contributed by atoms with Crippen LogP contribution >= 0.6 is 11.8 Å². The second kappa shape index (κ2) is 6.21. The highest BCUT2D eigenvalue weighted by atomic mass is 32.2. The van der Waals surface area contributed by atoms with Crippen molar-refractivity contribution < 1.29 is 25.2 Å². The minimum Gasteiger partial charge on any atom is -0.394 e. The predicted octanol–water partition coefficient (Wildman–Crippen LogP) is -0.113. The zero-order chi connectivity index (χ0) is 14.0. The summed E-state index contributed by atoms with van der Waals surface area (Å²) in [5.41, 5.74) is 0.399. The topological polar surface area (TPSA) is 90.2 Å². The van der Waals surface area contributed by atoms with Crippen LogP contribution in [0.1, 0.15) is 5.56 Å². The van der Waals surface area contributed by atoms with Crippen molar-refractivity contribution in [2.45, 2.75) is 41.7 Å². The molecule has 0 amide bonds. The normalized spacial score (nSPS) is 35.3. The van der Waals surface area contributed by atoms with Crippen molar-refractivity contribution in [2.24, 2.45) is 0 Å². The molecule has 6 heteroatoms. The Bertz CT molecular complexity index is 408. The van der Waals surface area contributed by atoms with Crippen LogP contribution in [-0.4, -0.2) is 56.9 Å². The van der Waals surface area contributed by atoms with Gasteiger partial charge in [0.15, 0.2) is 0 Å². The van der Waals surface area contributed by atoms with Crippen molar-refractivity contribution in [1.29, 1.82) is 0 Å². The molecule has 5 atom stereocenters. The highest BCUT2D eigenvalue weighted by Crippen LogP contribution is 2.33. The van der Waals surface area contributed by atoms with Gasteiger partial charge in [0.1, 0.15) is 29.9 Å². The van der Waals surface area contributed by atoms with Gasteiger partial charge in [-0.1, -0.05) is 29.5 Å². The Hall–Kier alpha value is -0.630. The van der Waals surface area contributed by atoms with Crippen molar-refractivity contribution in [3.05, 3.63) is 29.8 Å². The van der Waals surface area contributed by atoms with Crippen molar-refractivity contribution in [2.75, 3.05) is 6.61 Å². The lowest BCUT2D eigenvalue weighted by atomic mass is 10.0. The average Bonchev–Trinajstić information content (AvgIpc) is 2.42. The zero-order valence-corrected chi connectivity index (χ0v) is 11.3. The molecule has 1 aromatic carbocycles. The predicted molar refractivity (Wildman–Crippen MR) is 70.8 cm³/mol. The number of hydrogen-bond acceptors (Lipinski definition) is 6. The first-order chi connectivity index (χ1) is 9.02. The summed E-state index contributed by atoms with van der Waals surface area (Å²) in [6.07, 6.45) is -4.70. The van der Waals surface area contributed by atoms with Gasteiger partial charge in [-0.25, -0.2) is 0 Å². The molecule has 0 saturated carbocycles. The second-order valence-electron chi connectivity index (χ2n) is 4.63. The van der Waals surface area contributed by atoms with Gasteiger partial charge in [-0.2, -0.15) is 0 Å². The minimum atomic E-state index is -1.33. The van der Waals surface area contributed by atoms with Gasteiger partial charge in [0.2, 0.25) is 0 Å². The summed E-state index contributed by atoms with van der Waals surface area (Å²) >= 11 is 1.25. The summed E-state index contributed by atoms with van der Waals surface area (Å²) in [5, 5.41) is 38.4. The number of aliphatic hydroxyl groups excluding tert-OH is 4. The van der Waals surface area contributed by atoms with E-state index in [1.165, 1.54) is 11.8 Å². The van der Waals surface area contributed by atoms with Crippen molar-refractivity contribution >= 4 is 11.8 Å². The summed E-state index contributed by atoms with van der Waals surface area (Å²) < 4.78 is 5.42. The van der Waals surface area contributed by atoms with Crippen LogP contribution in [0.3, 0.4) is 0 Å². The van der Waals surface area contributed by atoms with Gasteiger partial charge in [-0.3, -0.25) is 0 Å². The molecule has 4 N–H and O–H groups in total. The number of rotatable bonds is 3. The molecular weight excluding hydrogens is 268 g/mol. The molecule has 1 aliphatic heterocycles. The van der Waals surface area contributed by atoms with E-state index < -0.39 is 36.5 Å². The molecular formula is C13H18O5S. The maximum atomic E-state index is 9.90. The summed E-state index contributed by atoms with van der Waals surface area (Å²) in [4.78, 5) is 0.884. The highest BCUT2D eigenvalue weighted by Gasteiger charge is 2.43. The van der Waals surface area contributed by atoms with Crippen LogP contribution in [0.15, 0.2) is 29.2 Å². The molecule has 0 radical (unpaired) electrons. The second-order valence-corrected chi connectivity index (χ2v) is 5.80. The molecule has 1 fully saturated rings.